The Bertz CT molecular complexity index is 650. The van der Waals surface area contributed by atoms with Gasteiger partial charge in [0.25, 0.3) is 0 Å². The minimum atomic E-state index is -0.854. The number of rotatable bonds is 1. The van der Waals surface area contributed by atoms with Gasteiger partial charge >= 0.3 is 0 Å². The molecule has 2 atom stereocenters. The average molecular weight is 277 g/mol. The van der Waals surface area contributed by atoms with Gasteiger partial charge in [0, 0.05) is 21.3 Å². The molecular weight excluding hydrogens is 262 g/mol. The van der Waals surface area contributed by atoms with Crippen molar-refractivity contribution in [3.05, 3.63) is 30.2 Å². The van der Waals surface area contributed by atoms with Crippen LogP contribution in [-0.4, -0.2) is 24.8 Å². The zero-order valence-electron chi connectivity index (χ0n) is 10.4. The topological polar surface area (TPSA) is 63.3 Å². The number of hydrogen-bond donors (Lipinski definition) is 1. The second-order valence-electron chi connectivity index (χ2n) is 5.62. The lowest BCUT2D eigenvalue weighted by Gasteiger charge is -2.36. The van der Waals surface area contributed by atoms with Crippen molar-refractivity contribution in [2.45, 2.75) is 41.8 Å². The Morgan fingerprint density at radius 1 is 1.32 bits per heavy atom. The van der Waals surface area contributed by atoms with Crippen LogP contribution in [0.15, 0.2) is 29.0 Å². The van der Waals surface area contributed by atoms with Crippen molar-refractivity contribution in [2.75, 3.05) is 0 Å². The highest BCUT2D eigenvalue weighted by Gasteiger charge is 2.48. The van der Waals surface area contributed by atoms with E-state index >= 15 is 0 Å². The van der Waals surface area contributed by atoms with E-state index in [4.69, 9.17) is 4.42 Å². The maximum Gasteiger partial charge on any atom is 0.181 e. The minimum absolute atomic E-state index is 0.150. The molecular formula is C14H15NO3S. The van der Waals surface area contributed by atoms with E-state index in [0.717, 1.165) is 29.5 Å². The van der Waals surface area contributed by atoms with E-state index in [1.807, 2.05) is 18.2 Å². The average Bonchev–Trinajstić information content (AvgIpc) is 2.94. The zero-order chi connectivity index (χ0) is 13.0. The molecule has 0 amide bonds. The standard InChI is InChI=1S/C14H15NO3S/c16-14(6-10-2-3-11(7-14)19(10)17)9-1-4-13-12(5-9)15-8-18-13/h1,4-5,8,10-11,16H,2-3,6-7H2. The van der Waals surface area contributed by atoms with Crippen molar-refractivity contribution >= 4 is 21.9 Å². The molecule has 1 aromatic heterocycles. The lowest BCUT2D eigenvalue weighted by Crippen LogP contribution is -2.40. The Kier molecular flexibility index (Phi) is 2.38. The van der Waals surface area contributed by atoms with Crippen LogP contribution in [0.4, 0.5) is 0 Å². The summed E-state index contributed by atoms with van der Waals surface area (Å²) in [5, 5.41) is 11.2. The van der Waals surface area contributed by atoms with Gasteiger partial charge in [-0.15, -0.1) is 0 Å². The van der Waals surface area contributed by atoms with Crippen LogP contribution >= 0.6 is 0 Å². The Hall–Kier alpha value is -1.20. The van der Waals surface area contributed by atoms with Gasteiger partial charge in [0.2, 0.25) is 0 Å². The van der Waals surface area contributed by atoms with Crippen LogP contribution in [0.5, 0.6) is 0 Å². The molecule has 2 saturated heterocycles. The maximum atomic E-state index is 12.1. The molecule has 0 spiro atoms. The first-order valence-electron chi connectivity index (χ1n) is 6.61. The van der Waals surface area contributed by atoms with Crippen molar-refractivity contribution in [2.24, 2.45) is 0 Å². The Morgan fingerprint density at radius 3 is 2.79 bits per heavy atom. The first-order chi connectivity index (χ1) is 9.16. The highest BCUT2D eigenvalue weighted by Crippen LogP contribution is 2.46. The summed E-state index contributed by atoms with van der Waals surface area (Å²) >= 11 is 0. The Labute approximate surface area is 113 Å². The molecule has 4 nitrogen and oxygen atoms in total. The number of benzene rings is 1. The lowest BCUT2D eigenvalue weighted by atomic mass is 9.86. The number of nitrogens with zero attached hydrogens (tertiary/aromatic N) is 1. The van der Waals surface area contributed by atoms with Gasteiger partial charge in [-0.1, -0.05) is 6.07 Å². The van der Waals surface area contributed by atoms with Crippen molar-refractivity contribution in [3.8, 4) is 0 Å². The van der Waals surface area contributed by atoms with Crippen LogP contribution in [0.25, 0.3) is 11.1 Å². The van der Waals surface area contributed by atoms with E-state index in [-0.39, 0.29) is 10.5 Å². The fourth-order valence-corrected chi connectivity index (χ4v) is 5.63. The first kappa shape index (κ1) is 11.6. The quantitative estimate of drug-likeness (QED) is 0.867. The lowest BCUT2D eigenvalue weighted by molar-refractivity contribution is 0.0186. The second-order valence-corrected chi connectivity index (χ2v) is 7.61. The summed E-state index contributed by atoms with van der Waals surface area (Å²) in [6.07, 6.45) is 4.56. The summed E-state index contributed by atoms with van der Waals surface area (Å²) in [6.45, 7) is 0. The molecule has 0 saturated carbocycles. The molecule has 2 aliphatic heterocycles. The number of aromatic nitrogens is 1. The Morgan fingerprint density at radius 2 is 2.05 bits per heavy atom. The van der Waals surface area contributed by atoms with Crippen LogP contribution in [-0.2, 0) is 16.4 Å². The monoisotopic (exact) mass is 277 g/mol. The third kappa shape index (κ3) is 1.68. The smallest absolute Gasteiger partial charge is 0.181 e. The molecule has 1 aromatic carbocycles. The molecule has 2 bridgehead atoms. The van der Waals surface area contributed by atoms with E-state index in [1.165, 1.54) is 6.39 Å². The third-order valence-electron chi connectivity index (χ3n) is 4.47. The first-order valence-corrected chi connectivity index (χ1v) is 7.89. The normalized spacial score (nSPS) is 37.8. The molecule has 100 valence electrons. The SMILES string of the molecule is O=S1C2CCC1CC(O)(c1ccc3ocnc3c1)C2. The van der Waals surface area contributed by atoms with E-state index in [9.17, 15) is 9.32 Å². The van der Waals surface area contributed by atoms with Gasteiger partial charge in [-0.3, -0.25) is 4.21 Å². The number of oxazole rings is 1. The van der Waals surface area contributed by atoms with Gasteiger partial charge in [0.15, 0.2) is 12.0 Å². The van der Waals surface area contributed by atoms with Crippen LogP contribution in [0, 0.1) is 0 Å². The highest BCUT2D eigenvalue weighted by atomic mass is 32.2. The summed E-state index contributed by atoms with van der Waals surface area (Å²) in [7, 11) is -0.752. The van der Waals surface area contributed by atoms with Crippen molar-refractivity contribution < 1.29 is 13.7 Å². The molecule has 2 fully saturated rings. The molecule has 2 unspecified atom stereocenters. The largest absolute Gasteiger partial charge is 0.443 e. The number of aliphatic hydroxyl groups is 1. The summed E-state index contributed by atoms with van der Waals surface area (Å²) in [4.78, 5) is 4.14. The van der Waals surface area contributed by atoms with Crippen LogP contribution in [0.2, 0.25) is 0 Å². The molecule has 0 radical (unpaired) electrons. The van der Waals surface area contributed by atoms with Gasteiger partial charge in [-0.05, 0) is 43.4 Å². The number of fused-ring (bicyclic) bond motifs is 3. The van der Waals surface area contributed by atoms with Crippen LogP contribution in [0.3, 0.4) is 0 Å². The second kappa shape index (κ2) is 3.90. The van der Waals surface area contributed by atoms with Crippen molar-refractivity contribution in [1.82, 2.24) is 4.98 Å². The molecule has 4 rings (SSSR count). The fraction of sp³-hybridized carbons (Fsp3) is 0.500. The zero-order valence-corrected chi connectivity index (χ0v) is 11.2. The van der Waals surface area contributed by atoms with E-state index < -0.39 is 16.4 Å². The van der Waals surface area contributed by atoms with Crippen molar-refractivity contribution in [3.63, 3.8) is 0 Å². The molecule has 1 N–H and O–H groups in total. The van der Waals surface area contributed by atoms with E-state index in [2.05, 4.69) is 4.98 Å². The fourth-order valence-electron chi connectivity index (χ4n) is 3.46. The molecule has 5 heteroatoms. The van der Waals surface area contributed by atoms with E-state index in [0.29, 0.717) is 12.8 Å². The molecule has 19 heavy (non-hydrogen) atoms. The maximum absolute atomic E-state index is 12.1. The highest BCUT2D eigenvalue weighted by molar-refractivity contribution is 7.86. The minimum Gasteiger partial charge on any atom is -0.443 e. The predicted octanol–water partition coefficient (Wildman–Crippen LogP) is 2.09. The van der Waals surface area contributed by atoms with Gasteiger partial charge in [0.05, 0.1) is 5.60 Å². The predicted molar refractivity (Wildman–Crippen MR) is 72.1 cm³/mol. The van der Waals surface area contributed by atoms with Gasteiger partial charge < -0.3 is 9.52 Å². The van der Waals surface area contributed by atoms with Gasteiger partial charge in [0.1, 0.15) is 5.52 Å². The molecule has 0 aliphatic carbocycles. The molecule has 2 aliphatic rings. The molecule has 3 heterocycles. The van der Waals surface area contributed by atoms with E-state index in [1.54, 1.807) is 0 Å². The third-order valence-corrected chi connectivity index (χ3v) is 6.59. The number of hydrogen-bond acceptors (Lipinski definition) is 4. The summed E-state index contributed by atoms with van der Waals surface area (Å²) in [5.41, 5.74) is 1.52. The van der Waals surface area contributed by atoms with Crippen LogP contribution < -0.4 is 0 Å². The van der Waals surface area contributed by atoms with Crippen LogP contribution in [0.1, 0.15) is 31.2 Å². The summed E-state index contributed by atoms with van der Waals surface area (Å²) < 4.78 is 17.3. The van der Waals surface area contributed by atoms with Crippen molar-refractivity contribution in [1.29, 1.82) is 0 Å². The molecule has 2 aromatic rings. The van der Waals surface area contributed by atoms with Gasteiger partial charge in [-0.2, -0.15) is 0 Å². The van der Waals surface area contributed by atoms with Gasteiger partial charge in [-0.25, -0.2) is 4.98 Å². The summed E-state index contributed by atoms with van der Waals surface area (Å²) in [6, 6.07) is 5.65. The summed E-state index contributed by atoms with van der Waals surface area (Å²) in [5.74, 6) is 0. The Balaban J connectivity index is 1.76.